The van der Waals surface area contributed by atoms with Crippen molar-refractivity contribution in [1.29, 1.82) is 0 Å². The number of urea groups is 4. The van der Waals surface area contributed by atoms with Crippen molar-refractivity contribution >= 4 is 47.8 Å². The summed E-state index contributed by atoms with van der Waals surface area (Å²) < 4.78 is 11.1. The number of hydrogen-bond donors (Lipinski definition) is 0. The molecule has 46 heavy (non-hydrogen) atoms. The number of carbonyl (C=O) groups excluding carboxylic acids is 8. The molecule has 0 atom stereocenters. The van der Waals surface area contributed by atoms with E-state index >= 15 is 0 Å². The number of amides is 12. The van der Waals surface area contributed by atoms with Crippen LogP contribution in [0.5, 0.6) is 0 Å². The Labute approximate surface area is 260 Å². The highest BCUT2D eigenvalue weighted by atomic mass is 16.5. The molecule has 0 N–H and O–H groups in total. The van der Waals surface area contributed by atoms with Crippen LogP contribution in [0.25, 0.3) is 0 Å². The summed E-state index contributed by atoms with van der Waals surface area (Å²) in [4.78, 5) is 126. The zero-order valence-corrected chi connectivity index (χ0v) is 25.0. The first-order valence-corrected chi connectivity index (χ1v) is 15.3. The molecule has 0 saturated carbocycles. The SMILES string of the molecule is CCCCN1C(=O)C23N4COCN2C(=O)N2CN5C(=O)N6COCN7C(=O)N(CN(C4=O)C23C1=O)C51C(=O)N(CCCC)C(=O)C761. The molecular formula is C26H30N10O10. The summed E-state index contributed by atoms with van der Waals surface area (Å²) in [6.07, 6.45) is 2.15. The normalized spacial score (nSPS) is 37.0. The second-order valence-corrected chi connectivity index (χ2v) is 12.7. The Morgan fingerprint density at radius 3 is 0.978 bits per heavy atom. The van der Waals surface area contributed by atoms with Gasteiger partial charge in [-0.3, -0.25) is 68.2 Å². The molecule has 9 fully saturated rings. The molecule has 20 nitrogen and oxygen atoms in total. The third-order valence-corrected chi connectivity index (χ3v) is 11.0. The average Bonchev–Trinajstić information content (AvgIpc) is 3.69. The summed E-state index contributed by atoms with van der Waals surface area (Å²) in [7, 11) is 0. The zero-order valence-electron chi connectivity index (χ0n) is 25.0. The highest BCUT2D eigenvalue weighted by Crippen LogP contribution is 2.63. The van der Waals surface area contributed by atoms with E-state index < -0.39 is 111 Å². The van der Waals surface area contributed by atoms with Gasteiger partial charge in [-0.1, -0.05) is 26.7 Å². The summed E-state index contributed by atoms with van der Waals surface area (Å²) in [5.41, 5.74) is -9.09. The Balaban J connectivity index is 1.31. The van der Waals surface area contributed by atoms with Crippen LogP contribution >= 0.6 is 0 Å². The number of likely N-dealkylation sites (tertiary alicyclic amines) is 2. The van der Waals surface area contributed by atoms with Gasteiger partial charge in [0, 0.05) is 13.1 Å². The summed E-state index contributed by atoms with van der Waals surface area (Å²) in [6, 6.07) is -3.58. The van der Waals surface area contributed by atoms with Crippen LogP contribution in [0.1, 0.15) is 39.5 Å². The van der Waals surface area contributed by atoms with Gasteiger partial charge in [0.1, 0.15) is 40.3 Å². The fraction of sp³-hybridized carbons (Fsp3) is 0.692. The van der Waals surface area contributed by atoms with E-state index in [1.807, 2.05) is 13.8 Å². The Morgan fingerprint density at radius 1 is 0.457 bits per heavy atom. The highest BCUT2D eigenvalue weighted by Gasteiger charge is 2.96. The van der Waals surface area contributed by atoms with Crippen LogP contribution in [0.3, 0.4) is 0 Å². The molecule has 0 radical (unpaired) electrons. The van der Waals surface area contributed by atoms with Gasteiger partial charge >= 0.3 is 24.1 Å². The van der Waals surface area contributed by atoms with Crippen LogP contribution < -0.4 is 0 Å². The molecule has 9 heterocycles. The number of carbonyl (C=O) groups is 8. The van der Waals surface area contributed by atoms with Gasteiger partial charge in [0.15, 0.2) is 0 Å². The van der Waals surface area contributed by atoms with Gasteiger partial charge in [-0.05, 0) is 12.8 Å². The Morgan fingerprint density at radius 2 is 0.717 bits per heavy atom. The predicted octanol–water partition coefficient (Wildman–Crippen LogP) is -2.12. The van der Waals surface area contributed by atoms with E-state index in [-0.39, 0.29) is 13.1 Å². The van der Waals surface area contributed by atoms with Gasteiger partial charge in [0.25, 0.3) is 46.3 Å². The minimum Gasteiger partial charge on any atom is -0.340 e. The van der Waals surface area contributed by atoms with Crippen molar-refractivity contribution in [3.8, 4) is 0 Å². The number of hydrogen-bond acceptors (Lipinski definition) is 10. The second-order valence-electron chi connectivity index (χ2n) is 12.7. The molecule has 0 bridgehead atoms. The van der Waals surface area contributed by atoms with Crippen molar-refractivity contribution in [1.82, 2.24) is 49.0 Å². The van der Waals surface area contributed by atoms with Crippen LogP contribution in [0.2, 0.25) is 0 Å². The number of unbranched alkanes of at least 4 members (excludes halogenated alkanes) is 2. The summed E-state index contributed by atoms with van der Waals surface area (Å²) >= 11 is 0. The minimum absolute atomic E-state index is 0.000867. The predicted molar refractivity (Wildman–Crippen MR) is 142 cm³/mol. The van der Waals surface area contributed by atoms with Crippen LogP contribution in [0, 0.1) is 0 Å². The van der Waals surface area contributed by atoms with Crippen LogP contribution in [-0.4, -0.2) is 173 Å². The molecule has 0 aromatic heterocycles. The molecule has 0 aromatic rings. The van der Waals surface area contributed by atoms with Crippen molar-refractivity contribution in [3.63, 3.8) is 0 Å². The maximum atomic E-state index is 14.7. The van der Waals surface area contributed by atoms with Crippen LogP contribution in [0.4, 0.5) is 19.2 Å². The Bertz CT molecular complexity index is 1440. The molecule has 244 valence electrons. The maximum absolute atomic E-state index is 14.7. The number of rotatable bonds is 6. The lowest BCUT2D eigenvalue weighted by Gasteiger charge is -2.49. The van der Waals surface area contributed by atoms with Crippen molar-refractivity contribution < 1.29 is 47.8 Å². The molecule has 12 amide bonds. The van der Waals surface area contributed by atoms with Gasteiger partial charge in [-0.25, -0.2) is 19.2 Å². The van der Waals surface area contributed by atoms with Gasteiger partial charge in [0.05, 0.1) is 0 Å². The van der Waals surface area contributed by atoms with Gasteiger partial charge in [-0.2, -0.15) is 0 Å². The molecule has 9 rings (SSSR count). The van der Waals surface area contributed by atoms with Gasteiger partial charge in [0.2, 0.25) is 0 Å². The molecule has 9 aliphatic heterocycles. The highest BCUT2D eigenvalue weighted by molar-refractivity contribution is 6.24. The van der Waals surface area contributed by atoms with E-state index in [4.69, 9.17) is 9.47 Å². The topological polar surface area (TPSA) is 187 Å². The van der Waals surface area contributed by atoms with Crippen LogP contribution in [0.15, 0.2) is 0 Å². The summed E-state index contributed by atoms with van der Waals surface area (Å²) in [5, 5.41) is 0. The fourth-order valence-electron chi connectivity index (χ4n) is 9.25. The lowest BCUT2D eigenvalue weighted by atomic mass is 9.91. The number of nitrogens with zero attached hydrogens (tertiary/aromatic N) is 10. The second kappa shape index (κ2) is 8.16. The average molecular weight is 643 g/mol. The fourth-order valence-corrected chi connectivity index (χ4v) is 9.25. The number of ether oxygens (including phenoxy) is 2. The molecule has 20 heteroatoms. The monoisotopic (exact) mass is 642 g/mol. The lowest BCUT2D eigenvalue weighted by molar-refractivity contribution is -0.186. The molecule has 9 aliphatic rings. The quantitative estimate of drug-likeness (QED) is 0.290. The number of imide groups is 2. The lowest BCUT2D eigenvalue weighted by Crippen LogP contribution is -2.78. The Kier molecular flexibility index (Phi) is 4.89. The van der Waals surface area contributed by atoms with E-state index in [9.17, 15) is 38.4 Å². The van der Waals surface area contributed by atoms with Crippen molar-refractivity contribution in [2.45, 2.75) is 62.2 Å². The van der Waals surface area contributed by atoms with Crippen LogP contribution in [-0.2, 0) is 28.7 Å². The van der Waals surface area contributed by atoms with Crippen molar-refractivity contribution in [2.75, 3.05) is 53.4 Å². The van der Waals surface area contributed by atoms with E-state index in [2.05, 4.69) is 0 Å². The first kappa shape index (κ1) is 27.6. The summed E-state index contributed by atoms with van der Waals surface area (Å²) in [5.74, 6) is -3.35. The molecule has 0 aromatic carbocycles. The molecule has 9 saturated heterocycles. The Hall–Kier alpha value is -4.72. The first-order valence-electron chi connectivity index (χ1n) is 15.3. The van der Waals surface area contributed by atoms with Crippen molar-refractivity contribution in [3.05, 3.63) is 0 Å². The summed E-state index contributed by atoms with van der Waals surface area (Å²) in [6.45, 7) is 0.335. The van der Waals surface area contributed by atoms with Crippen molar-refractivity contribution in [2.24, 2.45) is 0 Å². The zero-order chi connectivity index (χ0) is 32.3. The largest absolute Gasteiger partial charge is 0.340 e. The molecule has 0 aliphatic carbocycles. The first-order chi connectivity index (χ1) is 22.1. The van der Waals surface area contributed by atoms with E-state index in [1.54, 1.807) is 0 Å². The van der Waals surface area contributed by atoms with E-state index in [1.165, 1.54) is 0 Å². The maximum Gasteiger partial charge on any atom is 0.328 e. The molecule has 4 spiro atoms. The van der Waals surface area contributed by atoms with Gasteiger partial charge in [-0.15, -0.1) is 0 Å². The third-order valence-electron chi connectivity index (χ3n) is 11.0. The third kappa shape index (κ3) is 2.21. The van der Waals surface area contributed by atoms with Gasteiger partial charge < -0.3 is 9.47 Å². The van der Waals surface area contributed by atoms with E-state index in [0.29, 0.717) is 25.7 Å². The minimum atomic E-state index is -2.35. The standard InChI is InChI=1S/C26H30N10O10/c1-3-5-7-27-15(37)23-25(17(27)39)33-11-45-12-34(25)20(42)30(23)10-32-22(44)36-14-46-13-35-21(43)31(9-29(23)19(33)41)24(32)16(38)28(8-6-4-2)18(40)26(24,35)36/h3-14H2,1-2H3. The molecular weight excluding hydrogens is 612 g/mol. The molecule has 0 unspecified atom stereocenters. The van der Waals surface area contributed by atoms with E-state index in [0.717, 1.165) is 49.0 Å². The smallest absolute Gasteiger partial charge is 0.328 e.